The molecule has 1 aliphatic heterocycles. The van der Waals surface area contributed by atoms with Crippen LogP contribution < -0.4 is 14.2 Å². The summed E-state index contributed by atoms with van der Waals surface area (Å²) in [4.78, 5) is 0. The first kappa shape index (κ1) is 10.4. The number of hydrogen-bond acceptors (Lipinski definition) is 4. The molecule has 0 aromatic heterocycles. The molecule has 82 valence electrons. The fraction of sp³-hybridized carbons (Fsp3) is 0.400. The normalized spacial score (nSPS) is 13.8. The lowest BCUT2D eigenvalue weighted by Crippen LogP contribution is -2.16. The Labute approximate surface area is 92.3 Å². The standard InChI is InChI=1S/C10H11ClO4/c1-13-9-6(5-12)4-7-10(8(9)11)15-3-2-14-7/h4,12H,2-3,5H2,1H3. The monoisotopic (exact) mass is 230 g/mol. The van der Waals surface area contributed by atoms with Gasteiger partial charge in [-0.1, -0.05) is 11.6 Å². The predicted octanol–water partition coefficient (Wildman–Crippen LogP) is 1.61. The maximum Gasteiger partial charge on any atom is 0.183 e. The van der Waals surface area contributed by atoms with E-state index in [1.54, 1.807) is 6.07 Å². The molecule has 1 aliphatic rings. The summed E-state index contributed by atoms with van der Waals surface area (Å²) < 4.78 is 15.9. The van der Waals surface area contributed by atoms with Crippen molar-refractivity contribution in [3.8, 4) is 17.2 Å². The number of halogens is 1. The average molecular weight is 231 g/mol. The Morgan fingerprint density at radius 3 is 2.87 bits per heavy atom. The number of hydrogen-bond donors (Lipinski definition) is 1. The first-order valence-corrected chi connectivity index (χ1v) is 4.91. The van der Waals surface area contributed by atoms with Crippen molar-refractivity contribution >= 4 is 11.6 Å². The molecule has 1 heterocycles. The summed E-state index contributed by atoms with van der Waals surface area (Å²) in [6.45, 7) is 0.800. The van der Waals surface area contributed by atoms with Crippen LogP contribution >= 0.6 is 11.6 Å². The van der Waals surface area contributed by atoms with Crippen LogP contribution in [0.15, 0.2) is 6.07 Å². The van der Waals surface area contributed by atoms with E-state index in [9.17, 15) is 0 Å². The Balaban J connectivity index is 2.57. The Kier molecular flexibility index (Phi) is 2.88. The molecule has 0 atom stereocenters. The predicted molar refractivity (Wildman–Crippen MR) is 54.9 cm³/mol. The molecule has 0 saturated carbocycles. The highest BCUT2D eigenvalue weighted by Crippen LogP contribution is 2.45. The largest absolute Gasteiger partial charge is 0.495 e. The Morgan fingerprint density at radius 2 is 2.20 bits per heavy atom. The first-order chi connectivity index (χ1) is 7.27. The fourth-order valence-electron chi connectivity index (χ4n) is 1.52. The van der Waals surface area contributed by atoms with Crippen molar-refractivity contribution in [2.45, 2.75) is 6.61 Å². The van der Waals surface area contributed by atoms with Gasteiger partial charge in [0.2, 0.25) is 0 Å². The zero-order chi connectivity index (χ0) is 10.8. The van der Waals surface area contributed by atoms with Crippen LogP contribution in [0, 0.1) is 0 Å². The topological polar surface area (TPSA) is 47.9 Å². The third kappa shape index (κ3) is 1.70. The summed E-state index contributed by atoms with van der Waals surface area (Å²) in [5.41, 5.74) is 0.590. The summed E-state index contributed by atoms with van der Waals surface area (Å²) in [7, 11) is 1.50. The van der Waals surface area contributed by atoms with Gasteiger partial charge < -0.3 is 19.3 Å². The number of methoxy groups -OCH3 is 1. The molecule has 0 amide bonds. The van der Waals surface area contributed by atoms with Gasteiger partial charge in [0.05, 0.1) is 13.7 Å². The minimum Gasteiger partial charge on any atom is -0.495 e. The maximum atomic E-state index is 9.14. The van der Waals surface area contributed by atoms with Gasteiger partial charge >= 0.3 is 0 Å². The molecule has 0 aliphatic carbocycles. The van der Waals surface area contributed by atoms with Crippen LogP contribution in [0.5, 0.6) is 17.2 Å². The number of aliphatic hydroxyl groups is 1. The lowest BCUT2D eigenvalue weighted by Gasteiger charge is -2.21. The first-order valence-electron chi connectivity index (χ1n) is 4.53. The minimum atomic E-state index is -0.153. The van der Waals surface area contributed by atoms with Crippen LogP contribution in [0.3, 0.4) is 0 Å². The maximum absolute atomic E-state index is 9.14. The van der Waals surface area contributed by atoms with Crippen molar-refractivity contribution in [1.82, 2.24) is 0 Å². The summed E-state index contributed by atoms with van der Waals surface area (Å²) in [5.74, 6) is 1.47. The van der Waals surface area contributed by atoms with E-state index < -0.39 is 0 Å². The highest BCUT2D eigenvalue weighted by atomic mass is 35.5. The van der Waals surface area contributed by atoms with Crippen LogP contribution in [0.1, 0.15) is 5.56 Å². The third-order valence-corrected chi connectivity index (χ3v) is 2.52. The van der Waals surface area contributed by atoms with Gasteiger partial charge in [-0.05, 0) is 6.07 Å². The molecular formula is C10H11ClO4. The van der Waals surface area contributed by atoms with Crippen molar-refractivity contribution < 1.29 is 19.3 Å². The van der Waals surface area contributed by atoms with E-state index in [-0.39, 0.29) is 6.61 Å². The van der Waals surface area contributed by atoms with E-state index in [4.69, 9.17) is 30.9 Å². The van der Waals surface area contributed by atoms with E-state index in [2.05, 4.69) is 0 Å². The highest BCUT2D eigenvalue weighted by Gasteiger charge is 2.22. The van der Waals surface area contributed by atoms with Crippen molar-refractivity contribution in [1.29, 1.82) is 0 Å². The van der Waals surface area contributed by atoms with Crippen molar-refractivity contribution in [3.63, 3.8) is 0 Å². The highest BCUT2D eigenvalue weighted by molar-refractivity contribution is 6.34. The number of benzene rings is 1. The van der Waals surface area contributed by atoms with Gasteiger partial charge in [-0.15, -0.1) is 0 Å². The van der Waals surface area contributed by atoms with Gasteiger partial charge in [-0.3, -0.25) is 0 Å². The van der Waals surface area contributed by atoms with Crippen LogP contribution in [0.4, 0.5) is 0 Å². The number of fused-ring (bicyclic) bond motifs is 1. The van der Waals surface area contributed by atoms with Gasteiger partial charge in [-0.2, -0.15) is 0 Å². The van der Waals surface area contributed by atoms with E-state index in [0.717, 1.165) is 0 Å². The smallest absolute Gasteiger partial charge is 0.183 e. The Morgan fingerprint density at radius 1 is 1.47 bits per heavy atom. The van der Waals surface area contributed by atoms with Crippen LogP contribution in [-0.2, 0) is 6.61 Å². The molecule has 0 bridgehead atoms. The zero-order valence-electron chi connectivity index (χ0n) is 8.25. The molecule has 0 spiro atoms. The van der Waals surface area contributed by atoms with Gasteiger partial charge in [0.15, 0.2) is 11.5 Å². The number of ether oxygens (including phenoxy) is 3. The van der Waals surface area contributed by atoms with Gasteiger partial charge in [0, 0.05) is 5.56 Å². The Bertz CT molecular complexity index is 364. The molecular weight excluding hydrogens is 220 g/mol. The SMILES string of the molecule is COc1c(CO)cc2c(c1Cl)OCCO2. The van der Waals surface area contributed by atoms with Crippen molar-refractivity contribution in [2.75, 3.05) is 20.3 Å². The zero-order valence-corrected chi connectivity index (χ0v) is 9.00. The molecule has 1 aromatic carbocycles. The molecule has 0 fully saturated rings. The molecule has 0 unspecified atom stereocenters. The molecule has 15 heavy (non-hydrogen) atoms. The van der Waals surface area contributed by atoms with E-state index in [1.807, 2.05) is 0 Å². The fourth-order valence-corrected chi connectivity index (χ4v) is 1.86. The molecule has 5 heteroatoms. The molecule has 1 aromatic rings. The average Bonchev–Trinajstić information content (AvgIpc) is 2.29. The third-order valence-electron chi connectivity index (χ3n) is 2.18. The molecule has 0 saturated heterocycles. The molecule has 2 rings (SSSR count). The van der Waals surface area contributed by atoms with Gasteiger partial charge in [0.25, 0.3) is 0 Å². The number of aliphatic hydroxyl groups excluding tert-OH is 1. The van der Waals surface area contributed by atoms with Crippen LogP contribution in [-0.4, -0.2) is 25.4 Å². The second-order valence-corrected chi connectivity index (χ2v) is 3.44. The minimum absolute atomic E-state index is 0.153. The summed E-state index contributed by atoms with van der Waals surface area (Å²) in [6, 6.07) is 1.68. The van der Waals surface area contributed by atoms with Gasteiger partial charge in [-0.25, -0.2) is 0 Å². The van der Waals surface area contributed by atoms with E-state index >= 15 is 0 Å². The van der Waals surface area contributed by atoms with Gasteiger partial charge in [0.1, 0.15) is 24.0 Å². The second-order valence-electron chi connectivity index (χ2n) is 3.07. The summed E-state index contributed by atoms with van der Waals surface area (Å²) in [5, 5.41) is 9.49. The lowest BCUT2D eigenvalue weighted by atomic mass is 10.1. The van der Waals surface area contributed by atoms with Crippen molar-refractivity contribution in [3.05, 3.63) is 16.7 Å². The molecule has 1 N–H and O–H groups in total. The van der Waals surface area contributed by atoms with Crippen molar-refractivity contribution in [2.24, 2.45) is 0 Å². The van der Waals surface area contributed by atoms with Crippen LogP contribution in [0.2, 0.25) is 5.02 Å². The van der Waals surface area contributed by atoms with E-state index in [1.165, 1.54) is 7.11 Å². The molecule has 4 nitrogen and oxygen atoms in total. The summed E-state index contributed by atoms with van der Waals surface area (Å²) >= 11 is 6.07. The Hall–Kier alpha value is -1.13. The quantitative estimate of drug-likeness (QED) is 0.839. The summed E-state index contributed by atoms with van der Waals surface area (Å²) in [6.07, 6.45) is 0. The van der Waals surface area contributed by atoms with Crippen LogP contribution in [0.25, 0.3) is 0 Å². The molecule has 0 radical (unpaired) electrons. The number of rotatable bonds is 2. The second kappa shape index (κ2) is 4.16. The lowest BCUT2D eigenvalue weighted by molar-refractivity contribution is 0.170. The van der Waals surface area contributed by atoms with E-state index in [0.29, 0.717) is 41.0 Å².